The van der Waals surface area contributed by atoms with Gasteiger partial charge in [-0.05, 0) is 0 Å². The van der Waals surface area contributed by atoms with Gasteiger partial charge in [0.1, 0.15) is 0 Å². The number of allylic oxidation sites excluding steroid dienone is 8. The molecule has 0 unspecified atom stereocenters. The molecule has 0 atom stereocenters. The van der Waals surface area contributed by atoms with Crippen molar-refractivity contribution in [1.29, 1.82) is 0 Å². The van der Waals surface area contributed by atoms with Crippen molar-refractivity contribution in [2.75, 3.05) is 0 Å². The van der Waals surface area contributed by atoms with E-state index in [9.17, 15) is 0 Å². The first kappa shape index (κ1) is 27.4. The van der Waals surface area contributed by atoms with Gasteiger partial charge in [-0.2, -0.15) is 0 Å². The fourth-order valence-electron chi connectivity index (χ4n) is 3.64. The molecule has 0 bridgehead atoms. The zero-order valence-electron chi connectivity index (χ0n) is 19.0. The average Bonchev–Trinajstić information content (AvgIpc) is 3.04. The number of halogens is 2. The Bertz CT molecular complexity index is 612. The van der Waals surface area contributed by atoms with Crippen LogP contribution in [0.25, 0.3) is 0 Å². The first-order valence-electron chi connectivity index (χ1n) is 9.99. The number of hydrogen-bond acceptors (Lipinski definition) is 0. The monoisotopic (exact) mass is 486 g/mol. The minimum Gasteiger partial charge on any atom is -1.00 e. The molecule has 0 aliphatic heterocycles. The summed E-state index contributed by atoms with van der Waals surface area (Å²) in [6.07, 6.45) is 7.46. The standard InChI is InChI=1S/2C12H19.2ClH.Zr/c2*1-9(2)12(4,5)11-7-6-10(3)8-11;;;/h2*7,9H,6H2,1-5H3;2*1H;/q;;;;+2/p-2. The van der Waals surface area contributed by atoms with E-state index >= 15 is 0 Å². The van der Waals surface area contributed by atoms with E-state index in [-0.39, 0.29) is 24.8 Å². The summed E-state index contributed by atoms with van der Waals surface area (Å²) in [6.45, 7) is 24.1. The van der Waals surface area contributed by atoms with Crippen LogP contribution in [0.1, 0.15) is 82.1 Å². The van der Waals surface area contributed by atoms with Gasteiger partial charge in [0.2, 0.25) is 0 Å². The SMILES string of the molecule is CC1=[C]([Zr+2][C]2=C(C)CC=C2C(C)(C)C(C)C)C(C(C)(C)C(C)C)=CC1.[Cl-].[Cl-]. The van der Waals surface area contributed by atoms with Gasteiger partial charge < -0.3 is 24.8 Å². The van der Waals surface area contributed by atoms with Gasteiger partial charge in [0.15, 0.2) is 0 Å². The van der Waals surface area contributed by atoms with Gasteiger partial charge >= 0.3 is 169 Å². The van der Waals surface area contributed by atoms with Crippen molar-refractivity contribution >= 4 is 0 Å². The topological polar surface area (TPSA) is 0 Å². The second-order valence-corrected chi connectivity index (χ2v) is 12.9. The first-order chi connectivity index (χ1) is 11.4. The third kappa shape index (κ3) is 5.32. The Morgan fingerprint density at radius 1 is 0.704 bits per heavy atom. The molecule has 0 N–H and O–H groups in total. The number of hydrogen-bond donors (Lipinski definition) is 0. The van der Waals surface area contributed by atoms with Gasteiger partial charge in [0.25, 0.3) is 0 Å². The molecule has 0 fully saturated rings. The molecule has 2 aliphatic rings. The normalized spacial score (nSPS) is 17.8. The minimum atomic E-state index is -0.774. The molecule has 0 heterocycles. The first-order valence-corrected chi connectivity index (χ1v) is 12.4. The predicted molar refractivity (Wildman–Crippen MR) is 108 cm³/mol. The molecule has 2 rings (SSSR count). The Kier molecular flexibility index (Phi) is 10.1. The Morgan fingerprint density at radius 3 is 1.26 bits per heavy atom. The molecule has 0 aromatic heterocycles. The van der Waals surface area contributed by atoms with Crippen LogP contribution in [0.15, 0.2) is 41.0 Å². The third-order valence-corrected chi connectivity index (χ3v) is 11.8. The van der Waals surface area contributed by atoms with Crippen LogP contribution in [-0.2, 0) is 23.2 Å². The Morgan fingerprint density at radius 2 is 1.00 bits per heavy atom. The van der Waals surface area contributed by atoms with E-state index in [1.807, 2.05) is 0 Å². The van der Waals surface area contributed by atoms with Crippen molar-refractivity contribution in [1.82, 2.24) is 0 Å². The van der Waals surface area contributed by atoms with Crippen LogP contribution in [-0.4, -0.2) is 0 Å². The molecule has 152 valence electrons. The zero-order valence-corrected chi connectivity index (χ0v) is 22.9. The van der Waals surface area contributed by atoms with Crippen LogP contribution in [0.3, 0.4) is 0 Å². The summed E-state index contributed by atoms with van der Waals surface area (Å²) in [5.74, 6) is 1.36. The van der Waals surface area contributed by atoms with Crippen LogP contribution >= 0.6 is 0 Å². The average molecular weight is 489 g/mol. The molecular formula is C24H38Cl2Zr. The fraction of sp³-hybridized carbons (Fsp3) is 0.667. The Labute approximate surface area is 192 Å². The van der Waals surface area contributed by atoms with Crippen LogP contribution in [0.2, 0.25) is 0 Å². The van der Waals surface area contributed by atoms with E-state index in [1.54, 1.807) is 28.9 Å². The molecule has 0 saturated heterocycles. The summed E-state index contributed by atoms with van der Waals surface area (Å²) in [5, 5.41) is 0. The van der Waals surface area contributed by atoms with E-state index in [0.29, 0.717) is 22.7 Å². The molecule has 27 heavy (non-hydrogen) atoms. The molecule has 3 heteroatoms. The second-order valence-electron chi connectivity index (χ2n) is 9.83. The molecule has 0 nitrogen and oxygen atoms in total. The van der Waals surface area contributed by atoms with Crippen LogP contribution in [0.4, 0.5) is 0 Å². The maximum atomic E-state index is 2.55. The van der Waals surface area contributed by atoms with E-state index < -0.39 is 23.2 Å². The van der Waals surface area contributed by atoms with Gasteiger partial charge in [0.05, 0.1) is 0 Å². The van der Waals surface area contributed by atoms with Crippen molar-refractivity contribution in [3.63, 3.8) is 0 Å². The van der Waals surface area contributed by atoms with Crippen molar-refractivity contribution in [3.8, 4) is 0 Å². The summed E-state index contributed by atoms with van der Waals surface area (Å²) >= 11 is -0.774. The molecule has 0 spiro atoms. The molecule has 0 radical (unpaired) electrons. The van der Waals surface area contributed by atoms with Crippen LogP contribution in [0, 0.1) is 22.7 Å². The summed E-state index contributed by atoms with van der Waals surface area (Å²) in [6, 6.07) is 0. The van der Waals surface area contributed by atoms with E-state index in [4.69, 9.17) is 0 Å². The van der Waals surface area contributed by atoms with Gasteiger partial charge in [-0.1, -0.05) is 0 Å². The molecule has 0 amide bonds. The van der Waals surface area contributed by atoms with Gasteiger partial charge in [0, 0.05) is 0 Å². The van der Waals surface area contributed by atoms with Crippen LogP contribution < -0.4 is 24.8 Å². The summed E-state index contributed by atoms with van der Waals surface area (Å²) in [7, 11) is 0. The zero-order chi connectivity index (χ0) is 19.2. The quantitative estimate of drug-likeness (QED) is 0.534. The van der Waals surface area contributed by atoms with Crippen LogP contribution in [0.5, 0.6) is 0 Å². The van der Waals surface area contributed by atoms with E-state index in [2.05, 4.69) is 81.4 Å². The fourth-order valence-corrected chi connectivity index (χ4v) is 8.56. The molecule has 0 aromatic carbocycles. The molecule has 0 aromatic rings. The maximum absolute atomic E-state index is 2.55. The van der Waals surface area contributed by atoms with Gasteiger partial charge in [-0.3, -0.25) is 0 Å². The number of rotatable bonds is 6. The van der Waals surface area contributed by atoms with E-state index in [0.717, 1.165) is 0 Å². The van der Waals surface area contributed by atoms with Gasteiger partial charge in [-0.15, -0.1) is 0 Å². The largest absolute Gasteiger partial charge is 1.00 e. The van der Waals surface area contributed by atoms with Gasteiger partial charge in [-0.25, -0.2) is 0 Å². The molecule has 2 aliphatic carbocycles. The predicted octanol–water partition coefficient (Wildman–Crippen LogP) is 1.65. The van der Waals surface area contributed by atoms with E-state index in [1.165, 1.54) is 12.8 Å². The summed E-state index contributed by atoms with van der Waals surface area (Å²) in [5.41, 5.74) is 7.26. The minimum absolute atomic E-state index is 0. The van der Waals surface area contributed by atoms with Crippen molar-refractivity contribution in [2.24, 2.45) is 22.7 Å². The summed E-state index contributed by atoms with van der Waals surface area (Å²) < 4.78 is 3.59. The second kappa shape index (κ2) is 9.95. The van der Waals surface area contributed by atoms with Crippen molar-refractivity contribution < 1.29 is 48.0 Å². The Balaban J connectivity index is 0.00000338. The summed E-state index contributed by atoms with van der Waals surface area (Å²) in [4.78, 5) is 0. The van der Waals surface area contributed by atoms with Crippen molar-refractivity contribution in [2.45, 2.75) is 82.1 Å². The Hall–Kier alpha value is 0.423. The molecular weight excluding hydrogens is 450 g/mol. The maximum Gasteiger partial charge on any atom is -1.00 e. The third-order valence-electron chi connectivity index (χ3n) is 7.14. The van der Waals surface area contributed by atoms with Crippen molar-refractivity contribution in [3.05, 3.63) is 41.0 Å². The molecule has 0 saturated carbocycles. The smallest absolute Gasteiger partial charge is 1.00 e.